The first-order valence-corrected chi connectivity index (χ1v) is 5.07. The Morgan fingerprint density at radius 2 is 2.21 bits per heavy atom. The van der Waals surface area contributed by atoms with Crippen LogP contribution in [0, 0.1) is 11.3 Å². The minimum Gasteiger partial charge on any atom is -0.268 e. The van der Waals surface area contributed by atoms with Gasteiger partial charge in [-0.3, -0.25) is 9.63 Å². The molecule has 0 saturated carbocycles. The smallest absolute Gasteiger partial charge is 0.268 e. The second-order valence-corrected chi connectivity index (χ2v) is 3.44. The third-order valence-electron chi connectivity index (χ3n) is 1.85. The summed E-state index contributed by atoms with van der Waals surface area (Å²) in [5.74, 6) is -0.827. The van der Waals surface area contributed by atoms with E-state index in [1.807, 2.05) is 6.07 Å². The van der Waals surface area contributed by atoms with E-state index in [0.29, 0.717) is 11.1 Å². The van der Waals surface area contributed by atoms with Gasteiger partial charge in [0.15, 0.2) is 6.61 Å². The molecule has 0 bridgehead atoms. The summed E-state index contributed by atoms with van der Waals surface area (Å²) >= 11 is 0. The van der Waals surface area contributed by atoms with Crippen LogP contribution in [0.2, 0.25) is 0 Å². The minimum absolute atomic E-state index is 0.413. The highest BCUT2D eigenvalue weighted by Gasteiger charge is 2.28. The van der Waals surface area contributed by atoms with Crippen molar-refractivity contribution >= 4 is 12.0 Å². The average Bonchev–Trinajstić information content (AvgIpc) is 2.35. The summed E-state index contributed by atoms with van der Waals surface area (Å²) < 4.78 is 35.1. The maximum Gasteiger partial charge on any atom is 0.414 e. The second kappa shape index (κ2) is 6.56. The predicted octanol–water partition coefficient (Wildman–Crippen LogP) is 2.18. The summed E-state index contributed by atoms with van der Waals surface area (Å²) in [5.41, 5.74) is 2.61. The van der Waals surface area contributed by atoms with Crippen molar-refractivity contribution in [1.29, 1.82) is 5.26 Å². The Morgan fingerprint density at radius 3 is 2.84 bits per heavy atom. The minimum atomic E-state index is -4.50. The number of hydroxylamine groups is 1. The number of halogens is 3. The van der Waals surface area contributed by atoms with Crippen molar-refractivity contribution in [3.05, 3.63) is 41.5 Å². The Hall–Kier alpha value is -2.33. The van der Waals surface area contributed by atoms with Crippen molar-refractivity contribution in [1.82, 2.24) is 5.48 Å². The molecule has 0 radical (unpaired) electrons. The molecule has 0 atom stereocenters. The standard InChI is InChI=1S/C12H9F3N2O2/c13-12(14,15)8-19-17-11(18)5-4-9-2-1-3-10(6-9)7-16/h1-6H,8H2,(H,17,18)/b5-4+. The van der Waals surface area contributed by atoms with Gasteiger partial charge >= 0.3 is 6.18 Å². The first-order valence-electron chi connectivity index (χ1n) is 5.07. The van der Waals surface area contributed by atoms with E-state index in [1.54, 1.807) is 23.7 Å². The topological polar surface area (TPSA) is 62.1 Å². The van der Waals surface area contributed by atoms with Gasteiger partial charge in [0, 0.05) is 6.08 Å². The second-order valence-electron chi connectivity index (χ2n) is 3.44. The molecule has 4 nitrogen and oxygen atoms in total. The van der Waals surface area contributed by atoms with Crippen molar-refractivity contribution < 1.29 is 22.8 Å². The van der Waals surface area contributed by atoms with Crippen molar-refractivity contribution in [2.75, 3.05) is 6.61 Å². The highest BCUT2D eigenvalue weighted by atomic mass is 19.4. The average molecular weight is 270 g/mol. The zero-order chi connectivity index (χ0) is 14.3. The fraction of sp³-hybridized carbons (Fsp3) is 0.167. The van der Waals surface area contributed by atoms with Gasteiger partial charge in [0.25, 0.3) is 5.91 Å². The van der Waals surface area contributed by atoms with Gasteiger partial charge in [-0.2, -0.15) is 18.4 Å². The molecule has 0 aliphatic heterocycles. The molecule has 0 aliphatic rings. The third-order valence-corrected chi connectivity index (χ3v) is 1.85. The molecule has 0 unspecified atom stereocenters. The monoisotopic (exact) mass is 270 g/mol. The fourth-order valence-electron chi connectivity index (χ4n) is 1.11. The molecule has 0 fully saturated rings. The molecule has 1 aromatic carbocycles. The van der Waals surface area contributed by atoms with Gasteiger partial charge in [-0.05, 0) is 23.8 Å². The number of hydrogen-bond donors (Lipinski definition) is 1. The maximum absolute atomic E-state index is 11.7. The third kappa shape index (κ3) is 6.24. The van der Waals surface area contributed by atoms with E-state index in [1.165, 1.54) is 12.1 Å². The lowest BCUT2D eigenvalue weighted by atomic mass is 10.1. The lowest BCUT2D eigenvalue weighted by molar-refractivity contribution is -0.190. The normalized spacial score (nSPS) is 11.3. The Kier molecular flexibility index (Phi) is 5.09. The number of hydrogen-bond acceptors (Lipinski definition) is 3. The number of nitriles is 1. The number of nitrogens with one attached hydrogen (secondary N) is 1. The number of nitrogens with zero attached hydrogens (tertiary/aromatic N) is 1. The van der Waals surface area contributed by atoms with Crippen molar-refractivity contribution in [2.24, 2.45) is 0 Å². The summed E-state index contributed by atoms with van der Waals surface area (Å²) in [6.07, 6.45) is -2.14. The SMILES string of the molecule is N#Cc1cccc(/C=C/C(=O)NOCC(F)(F)F)c1. The molecular weight excluding hydrogens is 261 g/mol. The molecule has 7 heteroatoms. The summed E-state index contributed by atoms with van der Waals surface area (Å²) in [5, 5.41) is 8.65. The summed E-state index contributed by atoms with van der Waals surface area (Å²) in [4.78, 5) is 15.1. The quantitative estimate of drug-likeness (QED) is 0.673. The first kappa shape index (κ1) is 14.7. The number of carbonyl (C=O) groups is 1. The molecule has 1 N–H and O–H groups in total. The number of amides is 1. The summed E-state index contributed by atoms with van der Waals surface area (Å²) in [6, 6.07) is 8.30. The van der Waals surface area contributed by atoms with Gasteiger partial charge < -0.3 is 0 Å². The Bertz CT molecular complexity index is 518. The predicted molar refractivity (Wildman–Crippen MR) is 60.3 cm³/mol. The van der Waals surface area contributed by atoms with E-state index < -0.39 is 18.7 Å². The van der Waals surface area contributed by atoms with Crippen LogP contribution in [0.25, 0.3) is 6.08 Å². The van der Waals surface area contributed by atoms with Crippen LogP contribution in [0.15, 0.2) is 30.3 Å². The fourth-order valence-corrected chi connectivity index (χ4v) is 1.11. The van der Waals surface area contributed by atoms with Gasteiger partial charge in [0.1, 0.15) is 0 Å². The molecule has 0 saturated heterocycles. The van der Waals surface area contributed by atoms with Gasteiger partial charge in [-0.15, -0.1) is 0 Å². The molecule has 0 heterocycles. The lowest BCUT2D eigenvalue weighted by Gasteiger charge is -2.06. The van der Waals surface area contributed by atoms with E-state index in [4.69, 9.17) is 5.26 Å². The van der Waals surface area contributed by atoms with Crippen LogP contribution in [0.3, 0.4) is 0 Å². The van der Waals surface area contributed by atoms with Crippen LogP contribution in [0.4, 0.5) is 13.2 Å². The van der Waals surface area contributed by atoms with E-state index in [-0.39, 0.29) is 0 Å². The largest absolute Gasteiger partial charge is 0.414 e. The van der Waals surface area contributed by atoms with Crippen LogP contribution in [-0.4, -0.2) is 18.7 Å². The summed E-state index contributed by atoms with van der Waals surface area (Å²) in [6.45, 7) is -1.56. The molecule has 19 heavy (non-hydrogen) atoms. The van der Waals surface area contributed by atoms with Crippen LogP contribution < -0.4 is 5.48 Å². The Balaban J connectivity index is 2.48. The van der Waals surface area contributed by atoms with E-state index in [9.17, 15) is 18.0 Å². The highest BCUT2D eigenvalue weighted by Crippen LogP contribution is 2.13. The number of benzene rings is 1. The molecular formula is C12H9F3N2O2. The van der Waals surface area contributed by atoms with Crippen molar-refractivity contribution in [3.63, 3.8) is 0 Å². The Morgan fingerprint density at radius 1 is 1.47 bits per heavy atom. The molecule has 0 aliphatic carbocycles. The molecule has 100 valence electrons. The maximum atomic E-state index is 11.7. The lowest BCUT2D eigenvalue weighted by Crippen LogP contribution is -2.28. The van der Waals surface area contributed by atoms with Crippen molar-refractivity contribution in [3.8, 4) is 6.07 Å². The van der Waals surface area contributed by atoms with Gasteiger partial charge in [0.2, 0.25) is 0 Å². The van der Waals surface area contributed by atoms with E-state index in [2.05, 4.69) is 4.84 Å². The molecule has 0 spiro atoms. The van der Waals surface area contributed by atoms with Gasteiger partial charge in [0.05, 0.1) is 11.6 Å². The van der Waals surface area contributed by atoms with E-state index in [0.717, 1.165) is 6.08 Å². The zero-order valence-electron chi connectivity index (χ0n) is 9.57. The van der Waals surface area contributed by atoms with Crippen LogP contribution in [0.1, 0.15) is 11.1 Å². The first-order chi connectivity index (χ1) is 8.90. The van der Waals surface area contributed by atoms with Gasteiger partial charge in [-0.25, -0.2) is 5.48 Å². The molecule has 0 aromatic heterocycles. The van der Waals surface area contributed by atoms with Crippen LogP contribution >= 0.6 is 0 Å². The summed E-state index contributed by atoms with van der Waals surface area (Å²) in [7, 11) is 0. The number of rotatable bonds is 4. The van der Waals surface area contributed by atoms with Crippen molar-refractivity contribution in [2.45, 2.75) is 6.18 Å². The molecule has 1 aromatic rings. The molecule has 1 amide bonds. The van der Waals surface area contributed by atoms with E-state index >= 15 is 0 Å². The van der Waals surface area contributed by atoms with Crippen LogP contribution in [-0.2, 0) is 9.63 Å². The van der Waals surface area contributed by atoms with Gasteiger partial charge in [-0.1, -0.05) is 12.1 Å². The highest BCUT2D eigenvalue weighted by molar-refractivity contribution is 5.90. The number of alkyl halides is 3. The zero-order valence-corrected chi connectivity index (χ0v) is 9.57. The number of carbonyl (C=O) groups excluding carboxylic acids is 1. The Labute approximate surface area is 107 Å². The molecule has 1 rings (SSSR count). The van der Waals surface area contributed by atoms with Crippen LogP contribution in [0.5, 0.6) is 0 Å².